The molecule has 2 aliphatic rings. The van der Waals surface area contributed by atoms with Crippen molar-refractivity contribution < 1.29 is 17.9 Å². The van der Waals surface area contributed by atoms with E-state index >= 15 is 0 Å². The molecule has 0 aromatic rings. The standard InChI is InChI=1S/C14H30N4O4S/c1-21-11-9-17(10-12-22-2)23(19,20)18-6-3-14(13-18)16-7-4-15-5-8-16/h14-15H,3-13H2,1-2H3. The molecule has 23 heavy (non-hydrogen) atoms. The average molecular weight is 350 g/mol. The van der Waals surface area contributed by atoms with Crippen LogP contribution in [-0.4, -0.2) is 108 Å². The molecule has 0 radical (unpaired) electrons. The maximum Gasteiger partial charge on any atom is 0.282 e. The van der Waals surface area contributed by atoms with E-state index in [-0.39, 0.29) is 0 Å². The number of piperazine rings is 1. The third kappa shape index (κ3) is 5.09. The largest absolute Gasteiger partial charge is 0.383 e. The van der Waals surface area contributed by atoms with Crippen LogP contribution in [-0.2, 0) is 19.7 Å². The average Bonchev–Trinajstić information content (AvgIpc) is 3.06. The van der Waals surface area contributed by atoms with Gasteiger partial charge in [0.15, 0.2) is 0 Å². The van der Waals surface area contributed by atoms with E-state index in [0.717, 1.165) is 32.6 Å². The smallest absolute Gasteiger partial charge is 0.282 e. The van der Waals surface area contributed by atoms with Gasteiger partial charge in [-0.15, -0.1) is 0 Å². The summed E-state index contributed by atoms with van der Waals surface area (Å²) in [6.07, 6.45) is 0.904. The lowest BCUT2D eigenvalue weighted by Crippen LogP contribution is -2.50. The molecule has 0 bridgehead atoms. The van der Waals surface area contributed by atoms with Crippen molar-refractivity contribution in [3.8, 4) is 0 Å². The zero-order chi connectivity index (χ0) is 16.7. The highest BCUT2D eigenvalue weighted by atomic mass is 32.2. The number of hydrogen-bond donors (Lipinski definition) is 1. The first kappa shape index (κ1) is 19.0. The van der Waals surface area contributed by atoms with Crippen molar-refractivity contribution >= 4 is 10.2 Å². The van der Waals surface area contributed by atoms with Gasteiger partial charge in [0, 0.05) is 72.6 Å². The molecule has 1 N–H and O–H groups in total. The minimum Gasteiger partial charge on any atom is -0.383 e. The lowest BCUT2D eigenvalue weighted by molar-refractivity contribution is 0.146. The molecule has 136 valence electrons. The van der Waals surface area contributed by atoms with Crippen molar-refractivity contribution in [2.75, 3.05) is 79.8 Å². The Morgan fingerprint density at radius 2 is 1.70 bits per heavy atom. The van der Waals surface area contributed by atoms with Gasteiger partial charge in [-0.05, 0) is 6.42 Å². The Hall–Kier alpha value is -0.290. The van der Waals surface area contributed by atoms with E-state index in [1.807, 2.05) is 0 Å². The van der Waals surface area contributed by atoms with Crippen LogP contribution in [0.2, 0.25) is 0 Å². The second-order valence-electron chi connectivity index (χ2n) is 5.98. The summed E-state index contributed by atoms with van der Waals surface area (Å²) < 4.78 is 38.9. The number of hydrogen-bond acceptors (Lipinski definition) is 6. The molecule has 1 atom stereocenters. The molecule has 0 aromatic heterocycles. The predicted octanol–water partition coefficient (Wildman–Crippen LogP) is -1.19. The number of nitrogens with zero attached hydrogens (tertiary/aromatic N) is 3. The molecule has 0 saturated carbocycles. The molecular weight excluding hydrogens is 320 g/mol. The summed E-state index contributed by atoms with van der Waals surface area (Å²) in [7, 11) is -0.291. The Bertz CT molecular complexity index is 434. The summed E-state index contributed by atoms with van der Waals surface area (Å²) in [5.74, 6) is 0. The zero-order valence-corrected chi connectivity index (χ0v) is 15.1. The summed E-state index contributed by atoms with van der Waals surface area (Å²) >= 11 is 0. The first-order valence-electron chi connectivity index (χ1n) is 8.27. The Kier molecular flexibility index (Phi) is 7.67. The highest BCUT2D eigenvalue weighted by Gasteiger charge is 2.37. The lowest BCUT2D eigenvalue weighted by Gasteiger charge is -2.33. The number of rotatable bonds is 9. The fraction of sp³-hybridized carbons (Fsp3) is 1.00. The fourth-order valence-corrected chi connectivity index (χ4v) is 4.79. The molecular formula is C14H30N4O4S. The predicted molar refractivity (Wildman–Crippen MR) is 88.7 cm³/mol. The molecule has 2 fully saturated rings. The van der Waals surface area contributed by atoms with Crippen LogP contribution in [0.5, 0.6) is 0 Å². The van der Waals surface area contributed by atoms with E-state index in [0.29, 0.717) is 45.4 Å². The third-order valence-corrected chi connectivity index (χ3v) is 6.54. The van der Waals surface area contributed by atoms with Crippen LogP contribution in [0.3, 0.4) is 0 Å². The SMILES string of the molecule is COCCN(CCOC)S(=O)(=O)N1CCC(N2CCNCC2)C1. The van der Waals surface area contributed by atoms with Crippen molar-refractivity contribution in [1.82, 2.24) is 18.8 Å². The maximum atomic E-state index is 12.9. The minimum absolute atomic E-state index is 0.332. The summed E-state index contributed by atoms with van der Waals surface area (Å²) in [6.45, 7) is 6.62. The monoisotopic (exact) mass is 350 g/mol. The van der Waals surface area contributed by atoms with Crippen LogP contribution in [0, 0.1) is 0 Å². The van der Waals surface area contributed by atoms with Crippen LogP contribution >= 0.6 is 0 Å². The van der Waals surface area contributed by atoms with E-state index < -0.39 is 10.2 Å². The first-order valence-corrected chi connectivity index (χ1v) is 9.67. The van der Waals surface area contributed by atoms with Gasteiger partial charge in [-0.1, -0.05) is 0 Å². The van der Waals surface area contributed by atoms with Gasteiger partial charge in [-0.25, -0.2) is 0 Å². The van der Waals surface area contributed by atoms with E-state index in [9.17, 15) is 8.42 Å². The van der Waals surface area contributed by atoms with Gasteiger partial charge in [0.2, 0.25) is 0 Å². The minimum atomic E-state index is -3.45. The van der Waals surface area contributed by atoms with E-state index in [2.05, 4.69) is 10.2 Å². The Morgan fingerprint density at radius 3 is 2.26 bits per heavy atom. The van der Waals surface area contributed by atoms with Gasteiger partial charge >= 0.3 is 0 Å². The van der Waals surface area contributed by atoms with Crippen LogP contribution in [0.4, 0.5) is 0 Å². The van der Waals surface area contributed by atoms with Crippen molar-refractivity contribution in [3.63, 3.8) is 0 Å². The first-order chi connectivity index (χ1) is 11.1. The van der Waals surface area contributed by atoms with Crippen molar-refractivity contribution in [2.24, 2.45) is 0 Å². The molecule has 0 aliphatic carbocycles. The zero-order valence-electron chi connectivity index (χ0n) is 14.2. The van der Waals surface area contributed by atoms with Gasteiger partial charge in [-0.2, -0.15) is 17.0 Å². The highest BCUT2D eigenvalue weighted by molar-refractivity contribution is 7.86. The summed E-state index contributed by atoms with van der Waals surface area (Å²) in [6, 6.07) is 0.332. The second kappa shape index (κ2) is 9.26. The van der Waals surface area contributed by atoms with Crippen LogP contribution < -0.4 is 5.32 Å². The van der Waals surface area contributed by atoms with Gasteiger partial charge in [0.05, 0.1) is 13.2 Å². The van der Waals surface area contributed by atoms with E-state index in [4.69, 9.17) is 9.47 Å². The number of methoxy groups -OCH3 is 2. The molecule has 2 aliphatic heterocycles. The maximum absolute atomic E-state index is 12.9. The number of nitrogens with one attached hydrogen (secondary N) is 1. The van der Waals surface area contributed by atoms with Gasteiger partial charge in [0.1, 0.15) is 0 Å². The molecule has 8 nitrogen and oxygen atoms in total. The second-order valence-corrected chi connectivity index (χ2v) is 7.91. The molecule has 0 spiro atoms. The molecule has 0 aromatic carbocycles. The van der Waals surface area contributed by atoms with Crippen LogP contribution in [0.1, 0.15) is 6.42 Å². The van der Waals surface area contributed by atoms with Gasteiger partial charge in [0.25, 0.3) is 10.2 Å². The molecule has 0 amide bonds. The Labute approximate surface area is 139 Å². The quantitative estimate of drug-likeness (QED) is 0.563. The van der Waals surface area contributed by atoms with Crippen LogP contribution in [0.25, 0.3) is 0 Å². The molecule has 2 heterocycles. The Morgan fingerprint density at radius 1 is 1.09 bits per heavy atom. The number of ether oxygens (including phenoxy) is 2. The van der Waals surface area contributed by atoms with Gasteiger partial charge < -0.3 is 14.8 Å². The van der Waals surface area contributed by atoms with Crippen molar-refractivity contribution in [3.05, 3.63) is 0 Å². The van der Waals surface area contributed by atoms with E-state index in [1.54, 1.807) is 18.5 Å². The summed E-state index contributed by atoms with van der Waals surface area (Å²) in [5, 5.41) is 3.33. The van der Waals surface area contributed by atoms with Crippen molar-refractivity contribution in [2.45, 2.75) is 12.5 Å². The van der Waals surface area contributed by atoms with Crippen molar-refractivity contribution in [1.29, 1.82) is 0 Å². The van der Waals surface area contributed by atoms with Crippen LogP contribution in [0.15, 0.2) is 0 Å². The molecule has 9 heteroatoms. The molecule has 1 unspecified atom stereocenters. The van der Waals surface area contributed by atoms with Gasteiger partial charge in [-0.3, -0.25) is 4.90 Å². The molecule has 2 saturated heterocycles. The fourth-order valence-electron chi connectivity index (χ4n) is 3.16. The van der Waals surface area contributed by atoms with E-state index in [1.165, 1.54) is 4.31 Å². The third-order valence-electron chi connectivity index (χ3n) is 4.54. The topological polar surface area (TPSA) is 74.4 Å². The normalized spacial score (nSPS) is 24.6. The lowest BCUT2D eigenvalue weighted by atomic mass is 10.2. The Balaban J connectivity index is 1.96. The highest BCUT2D eigenvalue weighted by Crippen LogP contribution is 2.21. The molecule has 2 rings (SSSR count). The summed E-state index contributed by atoms with van der Waals surface area (Å²) in [4.78, 5) is 2.40. The summed E-state index contributed by atoms with van der Waals surface area (Å²) in [5.41, 5.74) is 0.